The summed E-state index contributed by atoms with van der Waals surface area (Å²) in [7, 11) is 0. The molecule has 0 fully saturated rings. The molecule has 0 unspecified atom stereocenters. The number of nitro groups is 1. The van der Waals surface area contributed by atoms with Crippen molar-refractivity contribution in [2.45, 2.75) is 0 Å². The molecule has 0 atom stereocenters. The molecule has 1 heterocycles. The van der Waals surface area contributed by atoms with Gasteiger partial charge < -0.3 is 5.43 Å². The van der Waals surface area contributed by atoms with Gasteiger partial charge in [-0.2, -0.15) is 0 Å². The Labute approximate surface area is 45.5 Å². The molecule has 0 aromatic rings. The molecule has 1 radical (unpaired) electrons. The fourth-order valence-corrected chi connectivity index (χ4v) is 0.399. The summed E-state index contributed by atoms with van der Waals surface area (Å²) in [5.41, 5.74) is 4.94. The SMILES string of the molecule is O=[N+]([O-])C1=[C]NNC1. The number of hydrogen-bond acceptors (Lipinski definition) is 4. The molecule has 0 saturated carbocycles. The van der Waals surface area contributed by atoms with E-state index in [1.54, 1.807) is 0 Å². The molecule has 43 valence electrons. The summed E-state index contributed by atoms with van der Waals surface area (Å²) in [4.78, 5) is 9.35. The molecule has 0 aliphatic carbocycles. The zero-order valence-electron chi connectivity index (χ0n) is 3.97. The lowest BCUT2D eigenvalue weighted by Gasteiger charge is -1.84. The number of nitrogens with zero attached hydrogens (tertiary/aromatic N) is 1. The third-order valence-corrected chi connectivity index (χ3v) is 0.771. The van der Waals surface area contributed by atoms with Crippen LogP contribution in [-0.4, -0.2) is 11.5 Å². The Morgan fingerprint density at radius 3 is 2.88 bits per heavy atom. The van der Waals surface area contributed by atoms with E-state index in [4.69, 9.17) is 0 Å². The van der Waals surface area contributed by atoms with Crippen LogP contribution in [0.15, 0.2) is 5.70 Å². The van der Waals surface area contributed by atoms with Crippen LogP contribution in [0.4, 0.5) is 0 Å². The van der Waals surface area contributed by atoms with Crippen LogP contribution in [0.25, 0.3) is 0 Å². The Morgan fingerprint density at radius 2 is 2.62 bits per heavy atom. The predicted octanol–water partition coefficient (Wildman–Crippen LogP) is -0.985. The second kappa shape index (κ2) is 1.79. The Balaban J connectivity index is 2.57. The zero-order valence-corrected chi connectivity index (χ0v) is 3.97. The van der Waals surface area contributed by atoms with Crippen LogP contribution in [0.2, 0.25) is 0 Å². The number of hydrazine groups is 1. The first-order valence-corrected chi connectivity index (χ1v) is 2.05. The second-order valence-electron chi connectivity index (χ2n) is 1.31. The summed E-state index contributed by atoms with van der Waals surface area (Å²) in [5, 5.41) is 9.83. The first-order chi connectivity index (χ1) is 3.80. The fourth-order valence-electron chi connectivity index (χ4n) is 0.399. The highest BCUT2D eigenvalue weighted by Crippen LogP contribution is 1.92. The highest BCUT2D eigenvalue weighted by molar-refractivity contribution is 4.90. The van der Waals surface area contributed by atoms with Crippen LogP contribution in [0, 0.1) is 16.3 Å². The van der Waals surface area contributed by atoms with E-state index >= 15 is 0 Å². The van der Waals surface area contributed by atoms with Crippen molar-refractivity contribution in [1.82, 2.24) is 10.9 Å². The van der Waals surface area contributed by atoms with E-state index in [0.717, 1.165) is 0 Å². The minimum atomic E-state index is -0.479. The standard InChI is InChI=1S/C3H4N3O2/c7-6(8)3-1-4-5-2-3/h4-5H,1H2. The Hall–Kier alpha value is -1.10. The second-order valence-corrected chi connectivity index (χ2v) is 1.31. The molecule has 0 bridgehead atoms. The lowest BCUT2D eigenvalue weighted by molar-refractivity contribution is -0.425. The quantitative estimate of drug-likeness (QED) is 0.339. The van der Waals surface area contributed by atoms with E-state index in [2.05, 4.69) is 17.1 Å². The molecule has 2 N–H and O–H groups in total. The molecule has 1 aliphatic heterocycles. The Bertz CT molecular complexity index is 141. The van der Waals surface area contributed by atoms with E-state index < -0.39 is 4.92 Å². The minimum absolute atomic E-state index is 0.0463. The van der Waals surface area contributed by atoms with Crippen molar-refractivity contribution in [2.75, 3.05) is 6.54 Å². The summed E-state index contributed by atoms with van der Waals surface area (Å²) >= 11 is 0. The van der Waals surface area contributed by atoms with E-state index in [9.17, 15) is 10.1 Å². The maximum atomic E-state index is 9.83. The average molecular weight is 114 g/mol. The van der Waals surface area contributed by atoms with Gasteiger partial charge in [0, 0.05) is 0 Å². The van der Waals surface area contributed by atoms with Gasteiger partial charge in [0.1, 0.15) is 6.54 Å². The number of nitrogens with one attached hydrogen (secondary N) is 2. The van der Waals surface area contributed by atoms with Crippen molar-refractivity contribution in [3.8, 4) is 0 Å². The van der Waals surface area contributed by atoms with Crippen LogP contribution in [0.1, 0.15) is 0 Å². The van der Waals surface area contributed by atoms with Gasteiger partial charge in [-0.15, -0.1) is 0 Å². The van der Waals surface area contributed by atoms with Gasteiger partial charge in [-0.3, -0.25) is 10.1 Å². The Kier molecular flexibility index (Phi) is 1.13. The van der Waals surface area contributed by atoms with Crippen LogP contribution in [0.5, 0.6) is 0 Å². The molecule has 0 amide bonds. The van der Waals surface area contributed by atoms with Gasteiger partial charge in [0.05, 0.1) is 4.92 Å². The third-order valence-electron chi connectivity index (χ3n) is 0.771. The van der Waals surface area contributed by atoms with Gasteiger partial charge in [-0.1, -0.05) is 0 Å². The van der Waals surface area contributed by atoms with Crippen molar-refractivity contribution >= 4 is 0 Å². The normalized spacial score (nSPS) is 17.2. The molecule has 8 heavy (non-hydrogen) atoms. The summed E-state index contributed by atoms with van der Waals surface area (Å²) in [6.45, 7) is 0.243. The zero-order chi connectivity index (χ0) is 5.98. The lowest BCUT2D eigenvalue weighted by atomic mass is 10.5. The topological polar surface area (TPSA) is 67.2 Å². The number of hydrogen-bond donors (Lipinski definition) is 2. The van der Waals surface area contributed by atoms with Crippen LogP contribution < -0.4 is 10.9 Å². The predicted molar refractivity (Wildman–Crippen MR) is 24.9 cm³/mol. The maximum absolute atomic E-state index is 9.83. The average Bonchev–Trinajstić information content (AvgIpc) is 2.12. The number of rotatable bonds is 1. The van der Waals surface area contributed by atoms with E-state index in [0.29, 0.717) is 0 Å². The maximum Gasteiger partial charge on any atom is 0.288 e. The summed E-state index contributed by atoms with van der Waals surface area (Å²) < 4.78 is 0. The highest BCUT2D eigenvalue weighted by atomic mass is 16.6. The van der Waals surface area contributed by atoms with Gasteiger partial charge in [-0.25, -0.2) is 5.43 Å². The molecule has 1 rings (SSSR count). The molecule has 5 heteroatoms. The first-order valence-electron chi connectivity index (χ1n) is 2.05. The van der Waals surface area contributed by atoms with Crippen LogP contribution >= 0.6 is 0 Å². The molecular weight excluding hydrogens is 110 g/mol. The van der Waals surface area contributed by atoms with E-state index in [1.807, 2.05) is 0 Å². The molecule has 1 aliphatic rings. The van der Waals surface area contributed by atoms with Crippen LogP contribution in [-0.2, 0) is 0 Å². The highest BCUT2D eigenvalue weighted by Gasteiger charge is 2.14. The smallest absolute Gasteiger partial charge is 0.288 e. The van der Waals surface area contributed by atoms with Gasteiger partial charge in [0.2, 0.25) is 0 Å². The van der Waals surface area contributed by atoms with E-state index in [-0.39, 0.29) is 12.2 Å². The molecule has 5 nitrogen and oxygen atoms in total. The van der Waals surface area contributed by atoms with Gasteiger partial charge in [0.15, 0.2) is 6.20 Å². The van der Waals surface area contributed by atoms with Gasteiger partial charge in [-0.05, 0) is 0 Å². The largest absolute Gasteiger partial charge is 0.313 e. The Morgan fingerprint density at radius 1 is 1.88 bits per heavy atom. The van der Waals surface area contributed by atoms with E-state index in [1.165, 1.54) is 0 Å². The first kappa shape index (κ1) is 5.04. The van der Waals surface area contributed by atoms with Crippen LogP contribution in [0.3, 0.4) is 0 Å². The monoisotopic (exact) mass is 114 g/mol. The van der Waals surface area contributed by atoms with Gasteiger partial charge in [0.25, 0.3) is 5.70 Å². The molecule has 0 aromatic heterocycles. The molecular formula is C3H4N3O2. The van der Waals surface area contributed by atoms with Crippen molar-refractivity contribution in [3.63, 3.8) is 0 Å². The van der Waals surface area contributed by atoms with Gasteiger partial charge >= 0.3 is 0 Å². The lowest BCUT2D eigenvalue weighted by Crippen LogP contribution is -2.21. The molecule has 0 saturated heterocycles. The van der Waals surface area contributed by atoms with Crippen molar-refractivity contribution in [3.05, 3.63) is 22.0 Å². The molecule has 0 spiro atoms. The van der Waals surface area contributed by atoms with Crippen molar-refractivity contribution in [1.29, 1.82) is 0 Å². The summed E-state index contributed by atoms with van der Waals surface area (Å²) in [6.07, 6.45) is 2.31. The summed E-state index contributed by atoms with van der Waals surface area (Å²) in [5.74, 6) is 0. The minimum Gasteiger partial charge on any atom is -0.313 e. The summed E-state index contributed by atoms with van der Waals surface area (Å²) in [6, 6.07) is 0. The van der Waals surface area contributed by atoms with Crippen molar-refractivity contribution < 1.29 is 4.92 Å². The van der Waals surface area contributed by atoms with Crippen molar-refractivity contribution in [2.24, 2.45) is 0 Å². The fraction of sp³-hybridized carbons (Fsp3) is 0.333. The molecule has 0 aromatic carbocycles. The third kappa shape index (κ3) is 0.760.